The second-order valence-electron chi connectivity index (χ2n) is 12.2. The molecule has 39 heavy (non-hydrogen) atoms. The maximum atomic E-state index is 14.6. The van der Waals surface area contributed by atoms with Crippen LogP contribution in [0.15, 0.2) is 12.7 Å². The standard InChI is InChI=1S/C29H47N3O7/c1-7-9-31(11-10-30-12-14-37-15-13-30)26(35)24-29-17-20(5)28(6,39-29)23(27(36)38-8-2)22(29)25(34)32(24)21(18-33)16-19(3)4/h7,19-24,33H,1,8-18H2,2-6H3/t20?,21-,22+,23+,24?,28-,29?/m1/s1. The highest BCUT2D eigenvalue weighted by atomic mass is 16.6. The summed E-state index contributed by atoms with van der Waals surface area (Å²) in [5.74, 6) is -2.50. The first-order chi connectivity index (χ1) is 18.5. The first-order valence-electron chi connectivity index (χ1n) is 14.5. The van der Waals surface area contributed by atoms with Crippen molar-refractivity contribution in [3.8, 4) is 0 Å². The lowest BCUT2D eigenvalue weighted by Crippen LogP contribution is -2.59. The number of morpholine rings is 1. The van der Waals surface area contributed by atoms with E-state index in [9.17, 15) is 19.5 Å². The number of esters is 1. The summed E-state index contributed by atoms with van der Waals surface area (Å²) in [6, 6.07) is -1.51. The molecule has 4 fully saturated rings. The number of nitrogens with zero attached hydrogens (tertiary/aromatic N) is 3. The van der Waals surface area contributed by atoms with Crippen molar-refractivity contribution < 1.29 is 33.7 Å². The smallest absolute Gasteiger partial charge is 0.312 e. The van der Waals surface area contributed by atoms with Crippen molar-refractivity contribution in [3.63, 3.8) is 0 Å². The van der Waals surface area contributed by atoms with E-state index in [1.165, 1.54) is 0 Å². The van der Waals surface area contributed by atoms with Crippen LogP contribution in [0.2, 0.25) is 0 Å². The van der Waals surface area contributed by atoms with Crippen LogP contribution in [0.25, 0.3) is 0 Å². The number of rotatable bonds is 12. The Morgan fingerprint density at radius 1 is 1.31 bits per heavy atom. The predicted molar refractivity (Wildman–Crippen MR) is 145 cm³/mol. The summed E-state index contributed by atoms with van der Waals surface area (Å²) in [5, 5.41) is 10.5. The van der Waals surface area contributed by atoms with E-state index in [0.29, 0.717) is 45.7 Å². The molecule has 0 aromatic carbocycles. The molecule has 10 heteroatoms. The Morgan fingerprint density at radius 2 is 2.00 bits per heavy atom. The third-order valence-electron chi connectivity index (χ3n) is 9.33. The maximum Gasteiger partial charge on any atom is 0.312 e. The Kier molecular flexibility index (Phi) is 9.10. The van der Waals surface area contributed by atoms with Gasteiger partial charge in [0.25, 0.3) is 0 Å². The number of likely N-dealkylation sites (tertiary alicyclic amines) is 1. The first kappa shape index (κ1) is 30.0. The van der Waals surface area contributed by atoms with Crippen molar-refractivity contribution in [3.05, 3.63) is 12.7 Å². The number of aliphatic hydroxyl groups excluding tert-OH is 1. The highest BCUT2D eigenvalue weighted by Gasteiger charge is 2.80. The fourth-order valence-electron chi connectivity index (χ4n) is 7.47. The van der Waals surface area contributed by atoms with E-state index < -0.39 is 41.1 Å². The Bertz CT molecular complexity index is 938. The molecule has 1 spiro atoms. The van der Waals surface area contributed by atoms with Crippen LogP contribution in [0.4, 0.5) is 0 Å². The number of fused-ring (bicyclic) bond motifs is 1. The number of ether oxygens (including phenoxy) is 3. The van der Waals surface area contributed by atoms with Gasteiger partial charge in [0, 0.05) is 32.7 Å². The molecule has 0 radical (unpaired) electrons. The number of hydrogen-bond acceptors (Lipinski definition) is 8. The van der Waals surface area contributed by atoms with Gasteiger partial charge in [0.1, 0.15) is 17.6 Å². The molecule has 0 saturated carbocycles. The summed E-state index contributed by atoms with van der Waals surface area (Å²) in [6.07, 6.45) is 2.71. The van der Waals surface area contributed by atoms with E-state index in [1.54, 1.807) is 22.8 Å². The van der Waals surface area contributed by atoms with Gasteiger partial charge in [-0.15, -0.1) is 6.58 Å². The van der Waals surface area contributed by atoms with Gasteiger partial charge in [-0.2, -0.15) is 0 Å². The Balaban J connectivity index is 1.74. The largest absolute Gasteiger partial charge is 0.466 e. The normalized spacial score (nSPS) is 34.8. The highest BCUT2D eigenvalue weighted by molar-refractivity contribution is 5.98. The predicted octanol–water partition coefficient (Wildman–Crippen LogP) is 1.31. The highest BCUT2D eigenvalue weighted by Crippen LogP contribution is 2.65. The van der Waals surface area contributed by atoms with E-state index in [4.69, 9.17) is 14.2 Å². The first-order valence-corrected chi connectivity index (χ1v) is 14.5. The molecule has 7 atom stereocenters. The lowest BCUT2D eigenvalue weighted by atomic mass is 9.62. The SMILES string of the molecule is C=CCN(CCN1CCOCC1)C(=O)C1N([C@@H](CO)CC(C)C)C(=O)[C@@H]2[C@@H](C(=O)OCC)[C@]3(C)OC12CC3C. The minimum atomic E-state index is -1.16. The van der Waals surface area contributed by atoms with Crippen molar-refractivity contribution in [2.24, 2.45) is 23.7 Å². The third kappa shape index (κ3) is 5.13. The zero-order valence-corrected chi connectivity index (χ0v) is 24.3. The average Bonchev–Trinajstić information content (AvgIpc) is 3.42. The molecule has 2 amide bonds. The number of hydrogen-bond donors (Lipinski definition) is 1. The molecule has 0 aromatic heterocycles. The van der Waals surface area contributed by atoms with Crippen LogP contribution in [-0.4, -0.2) is 120 Å². The summed E-state index contributed by atoms with van der Waals surface area (Å²) in [7, 11) is 0. The molecule has 220 valence electrons. The monoisotopic (exact) mass is 549 g/mol. The van der Waals surface area contributed by atoms with E-state index in [-0.39, 0.29) is 36.9 Å². The lowest BCUT2D eigenvalue weighted by molar-refractivity contribution is -0.163. The number of amides is 2. The fourth-order valence-corrected chi connectivity index (χ4v) is 7.47. The summed E-state index contributed by atoms with van der Waals surface area (Å²) >= 11 is 0. The van der Waals surface area contributed by atoms with Gasteiger partial charge < -0.3 is 29.1 Å². The molecule has 0 aromatic rings. The van der Waals surface area contributed by atoms with Crippen molar-refractivity contribution in [1.29, 1.82) is 0 Å². The Labute approximate surface area is 232 Å². The van der Waals surface area contributed by atoms with E-state index in [1.807, 2.05) is 27.7 Å². The zero-order chi connectivity index (χ0) is 28.5. The van der Waals surface area contributed by atoms with Crippen LogP contribution >= 0.6 is 0 Å². The summed E-state index contributed by atoms with van der Waals surface area (Å²) in [4.78, 5) is 47.8. The second-order valence-corrected chi connectivity index (χ2v) is 12.2. The molecule has 4 aliphatic heterocycles. The number of carbonyl (C=O) groups excluding carboxylic acids is 3. The van der Waals surface area contributed by atoms with Gasteiger partial charge in [0.2, 0.25) is 11.8 Å². The number of aliphatic hydroxyl groups is 1. The molecule has 4 aliphatic rings. The third-order valence-corrected chi connectivity index (χ3v) is 9.33. The van der Waals surface area contributed by atoms with Gasteiger partial charge in [0.15, 0.2) is 0 Å². The summed E-state index contributed by atoms with van der Waals surface area (Å²) in [6.45, 7) is 17.9. The van der Waals surface area contributed by atoms with E-state index >= 15 is 0 Å². The zero-order valence-electron chi connectivity index (χ0n) is 24.3. The van der Waals surface area contributed by atoms with E-state index in [2.05, 4.69) is 11.5 Å². The van der Waals surface area contributed by atoms with Crippen LogP contribution < -0.4 is 0 Å². The quantitative estimate of drug-likeness (QED) is 0.287. The minimum Gasteiger partial charge on any atom is -0.466 e. The molecule has 1 N–H and O–H groups in total. The topological polar surface area (TPSA) is 109 Å². The molecule has 4 saturated heterocycles. The van der Waals surface area contributed by atoms with Crippen LogP contribution in [0.3, 0.4) is 0 Å². The van der Waals surface area contributed by atoms with Gasteiger partial charge >= 0.3 is 5.97 Å². The van der Waals surface area contributed by atoms with Crippen molar-refractivity contribution in [1.82, 2.24) is 14.7 Å². The molecular formula is C29H47N3O7. The van der Waals surface area contributed by atoms with Crippen molar-refractivity contribution >= 4 is 17.8 Å². The van der Waals surface area contributed by atoms with Crippen molar-refractivity contribution in [2.45, 2.75) is 70.7 Å². The van der Waals surface area contributed by atoms with Crippen LogP contribution in [0.5, 0.6) is 0 Å². The Morgan fingerprint density at radius 3 is 2.59 bits per heavy atom. The van der Waals surface area contributed by atoms with Gasteiger partial charge in [-0.25, -0.2) is 0 Å². The summed E-state index contributed by atoms with van der Waals surface area (Å²) < 4.78 is 17.7. The van der Waals surface area contributed by atoms with Crippen molar-refractivity contribution in [2.75, 3.05) is 59.2 Å². The van der Waals surface area contributed by atoms with Gasteiger partial charge in [-0.05, 0) is 38.5 Å². The molecule has 3 unspecified atom stereocenters. The molecule has 4 heterocycles. The lowest BCUT2D eigenvalue weighted by Gasteiger charge is -2.40. The van der Waals surface area contributed by atoms with Crippen LogP contribution in [0.1, 0.15) is 47.5 Å². The van der Waals surface area contributed by atoms with Gasteiger partial charge in [0.05, 0.1) is 44.0 Å². The van der Waals surface area contributed by atoms with Crippen LogP contribution in [0, 0.1) is 23.7 Å². The molecule has 0 aliphatic carbocycles. The maximum absolute atomic E-state index is 14.6. The van der Waals surface area contributed by atoms with Crippen LogP contribution in [-0.2, 0) is 28.6 Å². The summed E-state index contributed by atoms with van der Waals surface area (Å²) in [5.41, 5.74) is -2.08. The van der Waals surface area contributed by atoms with E-state index in [0.717, 1.165) is 13.1 Å². The Hall–Kier alpha value is -2.01. The van der Waals surface area contributed by atoms with Gasteiger partial charge in [-0.3, -0.25) is 19.3 Å². The second kappa shape index (κ2) is 11.8. The average molecular weight is 550 g/mol. The molecule has 4 rings (SSSR count). The fraction of sp³-hybridized carbons (Fsp3) is 0.828. The van der Waals surface area contributed by atoms with Gasteiger partial charge in [-0.1, -0.05) is 26.8 Å². The molecular weight excluding hydrogens is 502 g/mol. The minimum absolute atomic E-state index is 0.0647. The molecule has 10 nitrogen and oxygen atoms in total. The molecule has 2 bridgehead atoms. The number of carbonyl (C=O) groups is 3.